The second-order valence-corrected chi connectivity index (χ2v) is 10.1. The first-order chi connectivity index (χ1) is 16.0. The molecule has 0 bridgehead atoms. The Balaban J connectivity index is 1.30. The van der Waals surface area contributed by atoms with E-state index in [-0.39, 0.29) is 37.1 Å². The molecule has 2 aromatic carbocycles. The zero-order chi connectivity index (χ0) is 24.3. The Hall–Kier alpha value is -3.22. The molecule has 3 heterocycles. The van der Waals surface area contributed by atoms with Crippen molar-refractivity contribution in [1.29, 1.82) is 0 Å². The Morgan fingerprint density at radius 2 is 1.68 bits per heavy atom. The van der Waals surface area contributed by atoms with E-state index in [1.165, 1.54) is 11.1 Å². The first-order valence-corrected chi connectivity index (χ1v) is 11.6. The number of hydrogen-bond donors (Lipinski definition) is 1. The van der Waals surface area contributed by atoms with E-state index in [1.54, 1.807) is 24.3 Å². The van der Waals surface area contributed by atoms with E-state index in [0.717, 1.165) is 16.2 Å². The molecule has 1 fully saturated rings. The highest BCUT2D eigenvalue weighted by molar-refractivity contribution is 7.89. The van der Waals surface area contributed by atoms with Crippen molar-refractivity contribution in [3.63, 3.8) is 0 Å². The zero-order valence-corrected chi connectivity index (χ0v) is 18.3. The van der Waals surface area contributed by atoms with Gasteiger partial charge in [-0.25, -0.2) is 0 Å². The minimum absolute atomic E-state index is 0.0865. The van der Waals surface area contributed by atoms with E-state index in [4.69, 9.17) is 4.74 Å². The Morgan fingerprint density at radius 3 is 2.21 bits per heavy atom. The fraction of sp³-hybridized carbons (Fsp3) is 0.273. The van der Waals surface area contributed by atoms with Gasteiger partial charge in [-0.2, -0.15) is 30.8 Å². The molecule has 2 aliphatic heterocycles. The van der Waals surface area contributed by atoms with Gasteiger partial charge in [0.05, 0.1) is 35.9 Å². The lowest BCUT2D eigenvalue weighted by Crippen LogP contribution is -2.46. The third-order valence-electron chi connectivity index (χ3n) is 5.92. The third kappa shape index (κ3) is 3.77. The number of aromatic nitrogens is 2. The zero-order valence-electron chi connectivity index (χ0n) is 17.5. The number of ether oxygens (including phenoxy) is 1. The van der Waals surface area contributed by atoms with Crippen molar-refractivity contribution in [3.8, 4) is 0 Å². The van der Waals surface area contributed by atoms with Gasteiger partial charge in [-0.15, -0.1) is 0 Å². The number of aliphatic hydroxyl groups is 1. The van der Waals surface area contributed by atoms with Crippen molar-refractivity contribution in [2.24, 2.45) is 0 Å². The average Bonchev–Trinajstić information content (AvgIpc) is 3.37. The van der Waals surface area contributed by atoms with Crippen LogP contribution in [0.2, 0.25) is 0 Å². The van der Waals surface area contributed by atoms with Crippen molar-refractivity contribution in [1.82, 2.24) is 14.1 Å². The van der Waals surface area contributed by atoms with Gasteiger partial charge in [0.15, 0.2) is 0 Å². The van der Waals surface area contributed by atoms with Gasteiger partial charge in [-0.1, -0.05) is 12.1 Å². The monoisotopic (exact) mass is 493 g/mol. The quantitative estimate of drug-likeness (QED) is 0.600. The molecule has 34 heavy (non-hydrogen) atoms. The van der Waals surface area contributed by atoms with Gasteiger partial charge in [0.25, 0.3) is 15.9 Å². The molecule has 5 rings (SSSR count). The summed E-state index contributed by atoms with van der Waals surface area (Å²) in [6, 6.07) is 9.73. The van der Waals surface area contributed by atoms with E-state index < -0.39 is 27.4 Å². The fourth-order valence-electron chi connectivity index (χ4n) is 3.89. The summed E-state index contributed by atoms with van der Waals surface area (Å²) in [5.41, 5.74) is -0.00399. The van der Waals surface area contributed by atoms with Crippen LogP contribution < -0.4 is 0 Å². The molecule has 0 aliphatic carbocycles. The number of amides is 1. The first kappa shape index (κ1) is 22.6. The average molecular weight is 493 g/mol. The molecule has 0 spiro atoms. The summed E-state index contributed by atoms with van der Waals surface area (Å²) in [6.07, 6.45) is -3.30. The second-order valence-electron chi connectivity index (χ2n) is 8.26. The summed E-state index contributed by atoms with van der Waals surface area (Å²) in [4.78, 5) is 14.0. The summed E-state index contributed by atoms with van der Waals surface area (Å²) in [7, 11) is -4.18. The molecule has 1 N–H and O–H groups in total. The maximum absolute atomic E-state index is 12.9. The van der Waals surface area contributed by atoms with Crippen LogP contribution in [0.15, 0.2) is 59.6 Å². The molecule has 0 radical (unpaired) electrons. The van der Waals surface area contributed by atoms with Crippen molar-refractivity contribution in [3.05, 3.63) is 82.7 Å². The number of rotatable bonds is 4. The van der Waals surface area contributed by atoms with Crippen molar-refractivity contribution in [2.75, 3.05) is 13.2 Å². The molecule has 0 atom stereocenters. The Labute approximate surface area is 192 Å². The van der Waals surface area contributed by atoms with Crippen molar-refractivity contribution >= 4 is 15.9 Å². The number of hydrogen-bond acceptors (Lipinski definition) is 6. The van der Waals surface area contributed by atoms with Crippen LogP contribution in [0, 0.1) is 0 Å². The molecular formula is C22H18F3N3O5S. The number of carbonyl (C=O) groups excluding carboxylic acids is 1. The molecule has 0 unspecified atom stereocenters. The molecule has 1 aromatic heterocycles. The summed E-state index contributed by atoms with van der Waals surface area (Å²) >= 11 is 0. The maximum Gasteiger partial charge on any atom is 0.416 e. The van der Waals surface area contributed by atoms with Gasteiger partial charge in [-0.3, -0.25) is 4.79 Å². The lowest BCUT2D eigenvalue weighted by molar-refractivity contribution is -0.184. The largest absolute Gasteiger partial charge is 0.416 e. The summed E-state index contributed by atoms with van der Waals surface area (Å²) < 4.78 is 69.6. The molecule has 2 aliphatic rings. The van der Waals surface area contributed by atoms with Crippen LogP contribution in [0.1, 0.15) is 32.7 Å². The second kappa shape index (κ2) is 7.65. The molecule has 3 aromatic rings. The van der Waals surface area contributed by atoms with E-state index in [1.807, 2.05) is 0 Å². The van der Waals surface area contributed by atoms with Gasteiger partial charge < -0.3 is 14.7 Å². The van der Waals surface area contributed by atoms with Crippen LogP contribution in [-0.4, -0.2) is 46.7 Å². The number of nitrogens with zero attached hydrogens (tertiary/aromatic N) is 3. The SMILES string of the molecule is O=C(c1ccc(C2(O)COC2)cc1)N1Cc2cn(S(=O)(=O)c3ccc(C(F)(F)F)cc3)nc2C1. The van der Waals surface area contributed by atoms with Gasteiger partial charge in [0.2, 0.25) is 0 Å². The lowest BCUT2D eigenvalue weighted by atomic mass is 9.91. The van der Waals surface area contributed by atoms with Gasteiger partial charge >= 0.3 is 6.18 Å². The summed E-state index contributed by atoms with van der Waals surface area (Å²) in [6.45, 7) is 0.623. The summed E-state index contributed by atoms with van der Waals surface area (Å²) in [5.74, 6) is -0.279. The van der Waals surface area contributed by atoms with Gasteiger partial charge in [0.1, 0.15) is 5.60 Å². The predicted molar refractivity (Wildman–Crippen MR) is 111 cm³/mol. The van der Waals surface area contributed by atoms with Crippen LogP contribution in [0.3, 0.4) is 0 Å². The third-order valence-corrected chi connectivity index (χ3v) is 7.47. The highest BCUT2D eigenvalue weighted by Gasteiger charge is 2.38. The van der Waals surface area contributed by atoms with Crippen LogP contribution in [0.4, 0.5) is 13.2 Å². The van der Waals surface area contributed by atoms with Crippen LogP contribution >= 0.6 is 0 Å². The standard InChI is InChI=1S/C22H18F3N3O5S/c23-22(24,25)17-5-7-18(8-6-17)34(31,32)28-10-15-9-27(11-19(15)26-28)20(29)14-1-3-16(4-2-14)21(30)12-33-13-21/h1-8,10,30H,9,11-13H2. The van der Waals surface area contributed by atoms with E-state index in [0.29, 0.717) is 34.5 Å². The van der Waals surface area contributed by atoms with Gasteiger partial charge in [-0.05, 0) is 42.0 Å². The molecular weight excluding hydrogens is 475 g/mol. The van der Waals surface area contributed by atoms with Crippen LogP contribution in [0.5, 0.6) is 0 Å². The fourth-order valence-corrected chi connectivity index (χ4v) is 5.05. The van der Waals surface area contributed by atoms with E-state index in [2.05, 4.69) is 5.10 Å². The Bertz CT molecular complexity index is 1340. The maximum atomic E-state index is 12.9. The van der Waals surface area contributed by atoms with E-state index >= 15 is 0 Å². The van der Waals surface area contributed by atoms with Gasteiger partial charge in [0, 0.05) is 23.9 Å². The number of halogens is 3. The molecule has 8 nitrogen and oxygen atoms in total. The highest BCUT2D eigenvalue weighted by Crippen LogP contribution is 2.32. The molecule has 1 saturated heterocycles. The lowest BCUT2D eigenvalue weighted by Gasteiger charge is -2.36. The predicted octanol–water partition coefficient (Wildman–Crippen LogP) is 2.51. The minimum Gasteiger partial charge on any atom is -0.380 e. The van der Waals surface area contributed by atoms with Crippen LogP contribution in [-0.2, 0) is 39.6 Å². The molecule has 1 amide bonds. The Morgan fingerprint density at radius 1 is 1.03 bits per heavy atom. The number of alkyl halides is 3. The van der Waals surface area contributed by atoms with Crippen molar-refractivity contribution < 1.29 is 36.2 Å². The number of benzene rings is 2. The molecule has 0 saturated carbocycles. The van der Waals surface area contributed by atoms with E-state index in [9.17, 15) is 31.5 Å². The van der Waals surface area contributed by atoms with Crippen molar-refractivity contribution in [2.45, 2.75) is 29.8 Å². The summed E-state index contributed by atoms with van der Waals surface area (Å²) in [5, 5.41) is 14.4. The topological polar surface area (TPSA) is 102 Å². The number of fused-ring (bicyclic) bond motifs is 1. The normalized spacial score (nSPS) is 17.4. The minimum atomic E-state index is -4.57. The smallest absolute Gasteiger partial charge is 0.380 e. The first-order valence-electron chi connectivity index (χ1n) is 10.2. The highest BCUT2D eigenvalue weighted by atomic mass is 32.2. The molecule has 12 heteroatoms. The number of carbonyl (C=O) groups is 1. The molecule has 178 valence electrons. The van der Waals surface area contributed by atoms with Crippen LogP contribution in [0.25, 0.3) is 0 Å². The Kier molecular flexibility index (Phi) is 5.08.